The van der Waals surface area contributed by atoms with Gasteiger partial charge in [-0.05, 0) is 78.8 Å². The molecule has 0 aliphatic carbocycles. The lowest BCUT2D eigenvalue weighted by Gasteiger charge is -2.53. The van der Waals surface area contributed by atoms with Crippen molar-refractivity contribution in [1.82, 2.24) is 4.90 Å². The van der Waals surface area contributed by atoms with Crippen molar-refractivity contribution >= 4 is 29.1 Å². The van der Waals surface area contributed by atoms with Gasteiger partial charge in [0.05, 0.1) is 37.8 Å². The van der Waals surface area contributed by atoms with Crippen LogP contribution in [0.1, 0.15) is 61.3 Å². The summed E-state index contributed by atoms with van der Waals surface area (Å²) in [5.41, 5.74) is 2.31. The lowest BCUT2D eigenvalue weighted by Crippen LogP contribution is -2.57. The number of aliphatic hydroxyl groups is 1. The first kappa shape index (κ1) is 31.1. The van der Waals surface area contributed by atoms with E-state index in [0.717, 1.165) is 22.4 Å². The third-order valence-corrected chi connectivity index (χ3v) is 8.72. The number of hydrogen-bond acceptors (Lipinski definition) is 4. The molecule has 0 saturated carbocycles. The van der Waals surface area contributed by atoms with E-state index < -0.39 is 5.41 Å². The Balaban J connectivity index is 1.71. The number of rotatable bonds is 13. The minimum atomic E-state index is -0.750. The van der Waals surface area contributed by atoms with Gasteiger partial charge < -0.3 is 19.5 Å². The normalized spacial score (nSPS) is 21.5. The van der Waals surface area contributed by atoms with E-state index in [1.807, 2.05) is 84.6 Å². The molecule has 0 spiro atoms. The standard InChI is InChI=1S/C34H39Cl2NO4/c1-4-17-34(18-19-41-23-24-9-15-30(40-3)16-10-24)21-31(26-7-6-8-28(36)20-26)32(25-11-13-27(35)14-12-25)37(33(34)39)29(5-2)22-38/h4,6-16,20,29,31-32,38H,1,5,17-19,21-23H2,2-3H3/t29?,31-,32-,34+/m1/s1. The van der Waals surface area contributed by atoms with E-state index in [2.05, 4.69) is 12.6 Å². The van der Waals surface area contributed by atoms with Crippen molar-refractivity contribution in [2.75, 3.05) is 20.3 Å². The number of amides is 1. The van der Waals surface area contributed by atoms with Crippen LogP contribution in [0.25, 0.3) is 0 Å². The van der Waals surface area contributed by atoms with Crippen LogP contribution >= 0.6 is 23.2 Å². The van der Waals surface area contributed by atoms with E-state index in [9.17, 15) is 9.90 Å². The van der Waals surface area contributed by atoms with E-state index in [1.54, 1.807) is 7.11 Å². The fourth-order valence-corrected chi connectivity index (χ4v) is 6.37. The van der Waals surface area contributed by atoms with Gasteiger partial charge in [-0.25, -0.2) is 0 Å². The molecule has 218 valence electrons. The van der Waals surface area contributed by atoms with E-state index in [0.29, 0.717) is 48.9 Å². The van der Waals surface area contributed by atoms with Gasteiger partial charge in [0, 0.05) is 22.6 Å². The fraction of sp³-hybridized carbons (Fsp3) is 0.382. The molecular weight excluding hydrogens is 557 g/mol. The molecule has 0 aromatic heterocycles. The van der Waals surface area contributed by atoms with Crippen LogP contribution < -0.4 is 4.74 Å². The summed E-state index contributed by atoms with van der Waals surface area (Å²) in [5, 5.41) is 11.8. The second-order valence-electron chi connectivity index (χ2n) is 10.7. The molecule has 1 saturated heterocycles. The number of nitrogens with zero attached hydrogens (tertiary/aromatic N) is 1. The van der Waals surface area contributed by atoms with Crippen molar-refractivity contribution in [3.05, 3.63) is 112 Å². The Kier molecular flexibility index (Phi) is 10.9. The Morgan fingerprint density at radius 1 is 1.07 bits per heavy atom. The Morgan fingerprint density at radius 2 is 1.80 bits per heavy atom. The van der Waals surface area contributed by atoms with Crippen LogP contribution in [0.2, 0.25) is 10.0 Å². The second-order valence-corrected chi connectivity index (χ2v) is 11.6. The number of likely N-dealkylation sites (tertiary alicyclic amines) is 1. The van der Waals surface area contributed by atoms with Crippen molar-refractivity contribution < 1.29 is 19.4 Å². The fourth-order valence-electron chi connectivity index (χ4n) is 6.05. The van der Waals surface area contributed by atoms with Crippen molar-refractivity contribution in [3.8, 4) is 5.75 Å². The van der Waals surface area contributed by atoms with Crippen LogP contribution in [0.4, 0.5) is 0 Å². The summed E-state index contributed by atoms with van der Waals surface area (Å²) in [4.78, 5) is 16.6. The molecule has 1 unspecified atom stereocenters. The molecule has 1 amide bonds. The highest BCUT2D eigenvalue weighted by Gasteiger charge is 2.52. The molecular formula is C34H39Cl2NO4. The molecule has 4 atom stereocenters. The first-order valence-electron chi connectivity index (χ1n) is 14.1. The Hall–Kier alpha value is -2.83. The highest BCUT2D eigenvalue weighted by atomic mass is 35.5. The molecule has 0 radical (unpaired) electrons. The third kappa shape index (κ3) is 7.15. The highest BCUT2D eigenvalue weighted by Crippen LogP contribution is 2.53. The van der Waals surface area contributed by atoms with Crippen LogP contribution in [0.5, 0.6) is 5.75 Å². The molecule has 0 bridgehead atoms. The molecule has 7 heteroatoms. The first-order valence-corrected chi connectivity index (χ1v) is 14.9. The van der Waals surface area contributed by atoms with E-state index in [-0.39, 0.29) is 30.5 Å². The number of carbonyl (C=O) groups excluding carboxylic acids is 1. The topological polar surface area (TPSA) is 59.0 Å². The highest BCUT2D eigenvalue weighted by molar-refractivity contribution is 6.30. The van der Waals surface area contributed by atoms with Gasteiger partial charge in [0.1, 0.15) is 5.75 Å². The van der Waals surface area contributed by atoms with Crippen molar-refractivity contribution in [2.45, 2.75) is 57.2 Å². The van der Waals surface area contributed by atoms with Gasteiger partial charge in [0.15, 0.2) is 0 Å². The molecule has 1 fully saturated rings. The maximum absolute atomic E-state index is 14.7. The molecule has 41 heavy (non-hydrogen) atoms. The van der Waals surface area contributed by atoms with Crippen LogP contribution in [-0.4, -0.2) is 42.3 Å². The number of benzene rings is 3. The Labute approximate surface area is 253 Å². The van der Waals surface area contributed by atoms with Crippen LogP contribution in [0.15, 0.2) is 85.5 Å². The van der Waals surface area contributed by atoms with Crippen LogP contribution in [0, 0.1) is 5.41 Å². The van der Waals surface area contributed by atoms with Gasteiger partial charge in [0.25, 0.3) is 0 Å². The molecule has 3 aromatic rings. The summed E-state index contributed by atoms with van der Waals surface area (Å²) in [6, 6.07) is 22.7. The van der Waals surface area contributed by atoms with Crippen molar-refractivity contribution in [2.24, 2.45) is 5.41 Å². The Morgan fingerprint density at radius 3 is 2.41 bits per heavy atom. The number of methoxy groups -OCH3 is 1. The minimum absolute atomic E-state index is 0.0181. The van der Waals surface area contributed by atoms with Gasteiger partial charge >= 0.3 is 0 Å². The molecule has 1 heterocycles. The van der Waals surface area contributed by atoms with Gasteiger partial charge in [-0.1, -0.05) is 72.6 Å². The molecule has 3 aromatic carbocycles. The zero-order valence-corrected chi connectivity index (χ0v) is 25.3. The van der Waals surface area contributed by atoms with Gasteiger partial charge in [-0.15, -0.1) is 6.58 Å². The smallest absolute Gasteiger partial charge is 0.230 e. The van der Waals surface area contributed by atoms with Gasteiger partial charge in [0.2, 0.25) is 5.91 Å². The SMILES string of the molecule is C=CC[C@]1(CCOCc2ccc(OC)cc2)C[C@H](c2cccc(Cl)c2)[C@@H](c2ccc(Cl)cc2)N(C(CC)CO)C1=O. The van der Waals surface area contributed by atoms with Crippen LogP contribution in [-0.2, 0) is 16.1 Å². The largest absolute Gasteiger partial charge is 0.497 e. The number of aliphatic hydroxyl groups excluding tert-OH is 1. The average molecular weight is 597 g/mol. The maximum atomic E-state index is 14.7. The monoisotopic (exact) mass is 595 g/mol. The second kappa shape index (κ2) is 14.4. The number of halogens is 2. The van der Waals surface area contributed by atoms with Crippen molar-refractivity contribution in [1.29, 1.82) is 0 Å². The lowest BCUT2D eigenvalue weighted by atomic mass is 9.64. The minimum Gasteiger partial charge on any atom is -0.497 e. The summed E-state index contributed by atoms with van der Waals surface area (Å²) in [6.45, 7) is 6.74. The average Bonchev–Trinajstić information content (AvgIpc) is 2.99. The Bertz CT molecular complexity index is 1290. The molecule has 1 N–H and O–H groups in total. The predicted octanol–water partition coefficient (Wildman–Crippen LogP) is 8.00. The first-order chi connectivity index (χ1) is 19.9. The number of ether oxygens (including phenoxy) is 2. The third-order valence-electron chi connectivity index (χ3n) is 8.23. The number of piperidine rings is 1. The predicted molar refractivity (Wildman–Crippen MR) is 166 cm³/mol. The zero-order valence-electron chi connectivity index (χ0n) is 23.8. The van der Waals surface area contributed by atoms with Crippen molar-refractivity contribution in [3.63, 3.8) is 0 Å². The molecule has 1 aliphatic heterocycles. The lowest BCUT2D eigenvalue weighted by molar-refractivity contribution is -0.159. The summed E-state index contributed by atoms with van der Waals surface area (Å²) >= 11 is 12.7. The number of allylic oxidation sites excluding steroid dienone is 1. The van der Waals surface area contributed by atoms with Gasteiger partial charge in [-0.2, -0.15) is 0 Å². The van der Waals surface area contributed by atoms with Crippen LogP contribution in [0.3, 0.4) is 0 Å². The summed E-state index contributed by atoms with van der Waals surface area (Å²) in [6.07, 6.45) is 4.07. The maximum Gasteiger partial charge on any atom is 0.230 e. The summed E-state index contributed by atoms with van der Waals surface area (Å²) in [7, 11) is 1.64. The quantitative estimate of drug-likeness (QED) is 0.161. The number of carbonyl (C=O) groups is 1. The number of hydrogen-bond donors (Lipinski definition) is 1. The van der Waals surface area contributed by atoms with E-state index in [4.69, 9.17) is 32.7 Å². The van der Waals surface area contributed by atoms with E-state index >= 15 is 0 Å². The zero-order chi connectivity index (χ0) is 29.4. The summed E-state index contributed by atoms with van der Waals surface area (Å²) < 4.78 is 11.4. The molecule has 5 nitrogen and oxygen atoms in total. The van der Waals surface area contributed by atoms with E-state index in [1.165, 1.54) is 0 Å². The molecule has 4 rings (SSSR count). The summed E-state index contributed by atoms with van der Waals surface area (Å²) in [5.74, 6) is 0.738. The molecule has 1 aliphatic rings. The van der Waals surface area contributed by atoms with Gasteiger partial charge in [-0.3, -0.25) is 4.79 Å².